The van der Waals surface area contributed by atoms with Crippen LogP contribution in [0.25, 0.3) is 0 Å². The highest BCUT2D eigenvalue weighted by Gasteiger charge is 2.36. The van der Waals surface area contributed by atoms with E-state index < -0.39 is 23.8 Å². The summed E-state index contributed by atoms with van der Waals surface area (Å²) in [5, 5.41) is 5.55. The molecule has 3 amide bonds. The van der Waals surface area contributed by atoms with Crippen molar-refractivity contribution in [3.8, 4) is 0 Å². The number of hydrogen-bond acceptors (Lipinski definition) is 5. The highest BCUT2D eigenvalue weighted by molar-refractivity contribution is 7.80. The van der Waals surface area contributed by atoms with Gasteiger partial charge in [0.05, 0.1) is 0 Å². The molecular weight excluding hydrogens is 426 g/mol. The van der Waals surface area contributed by atoms with Crippen molar-refractivity contribution in [1.29, 1.82) is 0 Å². The summed E-state index contributed by atoms with van der Waals surface area (Å²) in [6.45, 7) is 15.2. The van der Waals surface area contributed by atoms with Crippen LogP contribution >= 0.6 is 12.6 Å². The summed E-state index contributed by atoms with van der Waals surface area (Å²) in [5.41, 5.74) is 2.05. The van der Waals surface area contributed by atoms with E-state index in [-0.39, 0.29) is 23.6 Å². The predicted molar refractivity (Wildman–Crippen MR) is 131 cm³/mol. The van der Waals surface area contributed by atoms with Crippen molar-refractivity contribution in [2.75, 3.05) is 12.3 Å². The fraction of sp³-hybridized carbons (Fsp3) is 0.625. The number of nitrogens with zero attached hydrogens (tertiary/aromatic N) is 1. The molecule has 0 bridgehead atoms. The number of aryl methyl sites for hydroxylation is 2. The number of thiol groups is 1. The van der Waals surface area contributed by atoms with Crippen molar-refractivity contribution in [1.82, 2.24) is 15.5 Å². The molecule has 0 heterocycles. The number of benzene rings is 1. The molecule has 1 rings (SSSR count). The lowest BCUT2D eigenvalue weighted by Crippen LogP contribution is -2.54. The van der Waals surface area contributed by atoms with E-state index in [0.29, 0.717) is 13.0 Å². The first kappa shape index (κ1) is 27.8. The van der Waals surface area contributed by atoms with Crippen LogP contribution in [0.3, 0.4) is 0 Å². The molecule has 0 spiro atoms. The van der Waals surface area contributed by atoms with Gasteiger partial charge in [0.1, 0.15) is 17.7 Å². The van der Waals surface area contributed by atoms with E-state index >= 15 is 0 Å². The first-order chi connectivity index (χ1) is 14.8. The number of carbonyl (C=O) groups is 3. The van der Waals surface area contributed by atoms with Crippen LogP contribution in [0.15, 0.2) is 18.2 Å². The smallest absolute Gasteiger partial charge is 0.408 e. The Kier molecular flexibility index (Phi) is 10.5. The zero-order valence-corrected chi connectivity index (χ0v) is 21.5. The number of amides is 3. The lowest BCUT2D eigenvalue weighted by atomic mass is 9.96. The van der Waals surface area contributed by atoms with E-state index in [1.165, 1.54) is 4.90 Å². The maximum Gasteiger partial charge on any atom is 0.408 e. The van der Waals surface area contributed by atoms with E-state index in [0.717, 1.165) is 16.7 Å². The van der Waals surface area contributed by atoms with Gasteiger partial charge in [0.2, 0.25) is 11.8 Å². The van der Waals surface area contributed by atoms with E-state index in [9.17, 15) is 14.4 Å². The summed E-state index contributed by atoms with van der Waals surface area (Å²) >= 11 is 4.28. The summed E-state index contributed by atoms with van der Waals surface area (Å²) in [6, 6.07) is 3.97. The molecule has 0 aliphatic carbocycles. The molecule has 0 aromatic heterocycles. The van der Waals surface area contributed by atoms with Gasteiger partial charge in [-0.25, -0.2) is 4.79 Å². The molecule has 2 atom stereocenters. The number of hydrogen-bond donors (Lipinski definition) is 3. The Morgan fingerprint density at radius 2 is 1.75 bits per heavy atom. The average Bonchev–Trinajstić information content (AvgIpc) is 2.64. The van der Waals surface area contributed by atoms with E-state index in [4.69, 9.17) is 4.74 Å². The van der Waals surface area contributed by atoms with E-state index in [1.54, 1.807) is 20.8 Å². The quantitative estimate of drug-likeness (QED) is 0.482. The minimum atomic E-state index is -0.931. The van der Waals surface area contributed by atoms with Gasteiger partial charge < -0.3 is 20.3 Å². The van der Waals surface area contributed by atoms with Gasteiger partial charge in [-0.3, -0.25) is 9.59 Å². The number of alkyl carbamates (subject to hydrolysis) is 1. The fourth-order valence-corrected chi connectivity index (χ4v) is 3.64. The topological polar surface area (TPSA) is 87.7 Å². The molecule has 0 saturated heterocycles. The van der Waals surface area contributed by atoms with Crippen molar-refractivity contribution in [2.45, 2.75) is 85.5 Å². The molecule has 1 aromatic carbocycles. The predicted octanol–water partition coefficient (Wildman–Crippen LogP) is 3.93. The zero-order chi connectivity index (χ0) is 24.6. The Hall–Kier alpha value is -2.22. The van der Waals surface area contributed by atoms with Gasteiger partial charge in [-0.05, 0) is 66.0 Å². The molecule has 0 saturated carbocycles. The molecule has 0 fully saturated rings. The maximum atomic E-state index is 13.6. The monoisotopic (exact) mass is 465 g/mol. The molecule has 0 aliphatic rings. The van der Waals surface area contributed by atoms with Crippen molar-refractivity contribution in [3.63, 3.8) is 0 Å². The van der Waals surface area contributed by atoms with Crippen LogP contribution in [0, 0.1) is 13.8 Å². The number of ether oxygens (including phenoxy) is 1. The maximum absolute atomic E-state index is 13.6. The van der Waals surface area contributed by atoms with Gasteiger partial charge in [0, 0.05) is 18.3 Å². The Morgan fingerprint density at radius 1 is 1.12 bits per heavy atom. The van der Waals surface area contributed by atoms with Crippen molar-refractivity contribution >= 4 is 30.5 Å². The Balaban J connectivity index is 3.37. The van der Waals surface area contributed by atoms with E-state index in [1.807, 2.05) is 52.8 Å². The first-order valence-corrected chi connectivity index (χ1v) is 11.7. The van der Waals surface area contributed by atoms with Crippen molar-refractivity contribution < 1.29 is 19.1 Å². The highest BCUT2D eigenvalue weighted by Crippen LogP contribution is 2.27. The van der Waals surface area contributed by atoms with Gasteiger partial charge in [-0.1, -0.05) is 30.7 Å². The Morgan fingerprint density at radius 3 is 2.22 bits per heavy atom. The third kappa shape index (κ3) is 8.37. The second-order valence-electron chi connectivity index (χ2n) is 9.34. The molecule has 2 unspecified atom stereocenters. The minimum absolute atomic E-state index is 0.0731. The first-order valence-electron chi connectivity index (χ1n) is 11.1. The van der Waals surface area contributed by atoms with Crippen LogP contribution in [0.5, 0.6) is 0 Å². The molecule has 180 valence electrons. The van der Waals surface area contributed by atoms with E-state index in [2.05, 4.69) is 23.3 Å². The van der Waals surface area contributed by atoms with Crippen LogP contribution in [-0.2, 0) is 14.3 Å². The number of rotatable bonds is 9. The summed E-state index contributed by atoms with van der Waals surface area (Å²) in [4.78, 5) is 40.7. The van der Waals surface area contributed by atoms with Gasteiger partial charge in [0.25, 0.3) is 0 Å². The van der Waals surface area contributed by atoms with Crippen LogP contribution in [-0.4, -0.2) is 52.8 Å². The second-order valence-corrected chi connectivity index (χ2v) is 9.70. The molecule has 7 nitrogen and oxygen atoms in total. The van der Waals surface area contributed by atoms with Gasteiger partial charge in [-0.15, -0.1) is 0 Å². The summed E-state index contributed by atoms with van der Waals surface area (Å²) in [7, 11) is 0. The molecule has 0 aliphatic heterocycles. The Labute approximate surface area is 198 Å². The average molecular weight is 466 g/mol. The van der Waals surface area contributed by atoms with Crippen molar-refractivity contribution in [2.24, 2.45) is 0 Å². The minimum Gasteiger partial charge on any atom is -0.444 e. The lowest BCUT2D eigenvalue weighted by Gasteiger charge is -2.35. The third-order valence-electron chi connectivity index (χ3n) is 4.63. The normalized spacial score (nSPS) is 13.3. The van der Waals surface area contributed by atoms with Crippen LogP contribution in [0.4, 0.5) is 4.79 Å². The summed E-state index contributed by atoms with van der Waals surface area (Å²) in [5.74, 6) is -0.565. The van der Waals surface area contributed by atoms with Crippen LogP contribution < -0.4 is 10.6 Å². The molecule has 1 aromatic rings. The molecule has 8 heteroatoms. The fourth-order valence-electron chi connectivity index (χ4n) is 3.39. The summed E-state index contributed by atoms with van der Waals surface area (Å²) < 4.78 is 5.30. The molecular formula is C24H39N3O4S. The number of carbonyl (C=O) groups excluding carboxylic acids is 3. The zero-order valence-electron chi connectivity index (χ0n) is 20.6. The second kappa shape index (κ2) is 12.1. The standard InChI is InChI=1S/C24H39N3O4S/c1-9-12-27(22(29)19(14-32)26-23(30)31-24(6,7)8)20(21(28)25-15(2)3)18-11-10-16(4)13-17(18)5/h10-11,13,15,19-20,32H,9,12,14H2,1-8H3,(H,25,28)(H,26,30). The summed E-state index contributed by atoms with van der Waals surface area (Å²) in [6.07, 6.45) is -0.0514. The number of nitrogens with one attached hydrogen (secondary N) is 2. The lowest BCUT2D eigenvalue weighted by molar-refractivity contribution is -0.142. The SMILES string of the molecule is CCCN(C(=O)C(CS)NC(=O)OC(C)(C)C)C(C(=O)NC(C)C)c1ccc(C)cc1C. The third-order valence-corrected chi connectivity index (χ3v) is 5.00. The van der Waals surface area contributed by atoms with Crippen molar-refractivity contribution in [3.05, 3.63) is 34.9 Å². The van der Waals surface area contributed by atoms with Crippen LogP contribution in [0.2, 0.25) is 0 Å². The van der Waals surface area contributed by atoms with Gasteiger partial charge in [0.15, 0.2) is 0 Å². The Bertz CT molecular complexity index is 805. The highest BCUT2D eigenvalue weighted by atomic mass is 32.1. The van der Waals surface area contributed by atoms with Gasteiger partial charge >= 0.3 is 6.09 Å². The molecule has 32 heavy (non-hydrogen) atoms. The van der Waals surface area contributed by atoms with Crippen LogP contribution in [0.1, 0.15) is 70.7 Å². The molecule has 0 radical (unpaired) electrons. The molecule has 2 N–H and O–H groups in total. The largest absolute Gasteiger partial charge is 0.444 e. The van der Waals surface area contributed by atoms with Gasteiger partial charge in [-0.2, -0.15) is 12.6 Å².